The first-order valence-corrected chi connectivity index (χ1v) is 9.00. The molecule has 0 spiro atoms. The number of ether oxygens (including phenoxy) is 1. The molecule has 2 heterocycles. The van der Waals surface area contributed by atoms with E-state index in [9.17, 15) is 4.79 Å². The minimum absolute atomic E-state index is 0.197. The molecule has 2 aromatic rings. The molecule has 1 amide bonds. The smallest absolute Gasteiger partial charge is 0.274 e. The molecule has 1 aromatic heterocycles. The van der Waals surface area contributed by atoms with Gasteiger partial charge in [-0.25, -0.2) is 4.98 Å². The van der Waals surface area contributed by atoms with E-state index in [1.165, 1.54) is 5.56 Å². The zero-order valence-electron chi connectivity index (χ0n) is 15.4. The molecule has 0 bridgehead atoms. The minimum atomic E-state index is -0.197. The Labute approximate surface area is 154 Å². The maximum atomic E-state index is 12.4. The van der Waals surface area contributed by atoms with Crippen LogP contribution < -0.4 is 10.6 Å². The van der Waals surface area contributed by atoms with Gasteiger partial charge in [0.15, 0.2) is 0 Å². The van der Waals surface area contributed by atoms with E-state index in [-0.39, 0.29) is 5.91 Å². The number of morpholine rings is 1. The van der Waals surface area contributed by atoms with Crippen LogP contribution >= 0.6 is 0 Å². The van der Waals surface area contributed by atoms with Gasteiger partial charge in [0.2, 0.25) is 0 Å². The van der Waals surface area contributed by atoms with Crippen LogP contribution in [0.4, 0.5) is 11.4 Å². The normalized spacial score (nSPS) is 14.8. The van der Waals surface area contributed by atoms with E-state index in [1.54, 1.807) is 12.3 Å². The van der Waals surface area contributed by atoms with Crippen LogP contribution in [0.25, 0.3) is 0 Å². The second-order valence-corrected chi connectivity index (χ2v) is 6.59. The first kappa shape index (κ1) is 18.4. The minimum Gasteiger partial charge on any atom is -0.383 e. The highest BCUT2D eigenvalue weighted by atomic mass is 16.5. The molecule has 1 fully saturated rings. The quantitative estimate of drug-likeness (QED) is 0.835. The van der Waals surface area contributed by atoms with Crippen molar-refractivity contribution in [2.24, 2.45) is 0 Å². The fourth-order valence-electron chi connectivity index (χ4n) is 2.96. The summed E-state index contributed by atoms with van der Waals surface area (Å²) in [5.74, 6) is -0.197. The molecule has 2 N–H and O–H groups in total. The number of amides is 1. The fraction of sp³-hybridized carbons (Fsp3) is 0.400. The second-order valence-electron chi connectivity index (χ2n) is 6.59. The number of rotatable bonds is 6. The van der Waals surface area contributed by atoms with Gasteiger partial charge in [0.05, 0.1) is 25.1 Å². The lowest BCUT2D eigenvalue weighted by molar-refractivity contribution is 0.0398. The number of carbonyl (C=O) groups is 1. The fourth-order valence-corrected chi connectivity index (χ4v) is 2.96. The van der Waals surface area contributed by atoms with Crippen molar-refractivity contribution in [3.8, 4) is 0 Å². The highest BCUT2D eigenvalue weighted by Crippen LogP contribution is 2.17. The lowest BCUT2D eigenvalue weighted by atomic mass is 10.1. The van der Waals surface area contributed by atoms with Gasteiger partial charge in [0.1, 0.15) is 5.69 Å². The lowest BCUT2D eigenvalue weighted by Crippen LogP contribution is -2.39. The van der Waals surface area contributed by atoms with Crippen LogP contribution in [0.2, 0.25) is 0 Å². The van der Waals surface area contributed by atoms with Crippen LogP contribution in [0.5, 0.6) is 0 Å². The highest BCUT2D eigenvalue weighted by molar-refractivity contribution is 6.03. The number of nitrogens with zero attached hydrogens (tertiary/aromatic N) is 2. The molecule has 6 heteroatoms. The number of carbonyl (C=O) groups excluding carboxylic acids is 1. The molecule has 0 radical (unpaired) electrons. The summed E-state index contributed by atoms with van der Waals surface area (Å²) in [6, 6.07) is 9.59. The summed E-state index contributed by atoms with van der Waals surface area (Å²) in [5.41, 5.74) is 4.35. The van der Waals surface area contributed by atoms with Gasteiger partial charge in [-0.3, -0.25) is 9.69 Å². The number of anilines is 2. The van der Waals surface area contributed by atoms with E-state index >= 15 is 0 Å². The van der Waals surface area contributed by atoms with E-state index in [0.717, 1.165) is 56.3 Å². The Kier molecular flexibility index (Phi) is 6.20. The summed E-state index contributed by atoms with van der Waals surface area (Å²) in [6.07, 6.45) is 1.70. The summed E-state index contributed by atoms with van der Waals surface area (Å²) in [7, 11) is 0. The van der Waals surface area contributed by atoms with E-state index in [1.807, 2.05) is 38.1 Å². The number of hydrogen-bond donors (Lipinski definition) is 2. The molecule has 3 rings (SSSR count). The summed E-state index contributed by atoms with van der Waals surface area (Å²) < 4.78 is 5.35. The number of aromatic nitrogens is 1. The van der Waals surface area contributed by atoms with Crippen molar-refractivity contribution in [3.63, 3.8) is 0 Å². The molecule has 26 heavy (non-hydrogen) atoms. The summed E-state index contributed by atoms with van der Waals surface area (Å²) in [6.45, 7) is 9.42. The highest BCUT2D eigenvalue weighted by Gasteiger charge is 2.11. The largest absolute Gasteiger partial charge is 0.383 e. The monoisotopic (exact) mass is 354 g/mol. The number of aryl methyl sites for hydroxylation is 2. The van der Waals surface area contributed by atoms with Crippen LogP contribution in [0, 0.1) is 13.8 Å². The van der Waals surface area contributed by atoms with Gasteiger partial charge in [-0.05, 0) is 37.6 Å². The Bertz CT molecular complexity index is 740. The van der Waals surface area contributed by atoms with Crippen molar-refractivity contribution < 1.29 is 9.53 Å². The van der Waals surface area contributed by atoms with Gasteiger partial charge >= 0.3 is 0 Å². The molecule has 0 aliphatic carbocycles. The Morgan fingerprint density at radius 2 is 2.00 bits per heavy atom. The van der Waals surface area contributed by atoms with Crippen LogP contribution in [0.1, 0.15) is 21.6 Å². The van der Waals surface area contributed by atoms with Crippen molar-refractivity contribution in [2.75, 3.05) is 50.0 Å². The first-order valence-electron chi connectivity index (χ1n) is 9.00. The average molecular weight is 354 g/mol. The molecule has 0 saturated carbocycles. The predicted octanol–water partition coefficient (Wildman–Crippen LogP) is 2.69. The third-order valence-electron chi connectivity index (χ3n) is 4.49. The molecule has 1 saturated heterocycles. The van der Waals surface area contributed by atoms with Crippen molar-refractivity contribution in [2.45, 2.75) is 13.8 Å². The van der Waals surface area contributed by atoms with Gasteiger partial charge in [-0.1, -0.05) is 17.7 Å². The van der Waals surface area contributed by atoms with Crippen LogP contribution in [-0.4, -0.2) is 55.2 Å². The predicted molar refractivity (Wildman–Crippen MR) is 104 cm³/mol. The standard InChI is InChI=1S/C20H26N4O2/c1-15-3-5-18(16(2)13-15)23-20(25)19-6-4-17(14-22-19)21-7-8-24-9-11-26-12-10-24/h3-6,13-14,21H,7-12H2,1-2H3,(H,23,25). The second kappa shape index (κ2) is 8.78. The molecule has 1 aliphatic rings. The number of hydrogen-bond acceptors (Lipinski definition) is 5. The van der Waals surface area contributed by atoms with Crippen molar-refractivity contribution in [3.05, 3.63) is 53.3 Å². The average Bonchev–Trinajstić information content (AvgIpc) is 2.65. The molecule has 138 valence electrons. The van der Waals surface area contributed by atoms with Crippen molar-refractivity contribution in [1.29, 1.82) is 0 Å². The van der Waals surface area contributed by atoms with E-state index in [0.29, 0.717) is 5.69 Å². The van der Waals surface area contributed by atoms with E-state index < -0.39 is 0 Å². The third kappa shape index (κ3) is 5.03. The number of pyridine rings is 1. The van der Waals surface area contributed by atoms with Gasteiger partial charge in [-0.15, -0.1) is 0 Å². The molecular formula is C20H26N4O2. The van der Waals surface area contributed by atoms with Crippen LogP contribution in [-0.2, 0) is 4.74 Å². The molecule has 6 nitrogen and oxygen atoms in total. The first-order chi connectivity index (χ1) is 12.6. The number of benzene rings is 1. The maximum absolute atomic E-state index is 12.4. The van der Waals surface area contributed by atoms with Crippen molar-refractivity contribution in [1.82, 2.24) is 9.88 Å². The number of nitrogens with one attached hydrogen (secondary N) is 2. The Morgan fingerprint density at radius 1 is 1.19 bits per heavy atom. The summed E-state index contributed by atoms with van der Waals surface area (Å²) in [4.78, 5) is 19.0. The van der Waals surface area contributed by atoms with Crippen LogP contribution in [0.15, 0.2) is 36.5 Å². The van der Waals surface area contributed by atoms with E-state index in [4.69, 9.17) is 4.74 Å². The SMILES string of the molecule is Cc1ccc(NC(=O)c2ccc(NCCN3CCOCC3)cn2)c(C)c1. The Hall–Kier alpha value is -2.44. The molecule has 0 unspecified atom stereocenters. The lowest BCUT2D eigenvalue weighted by Gasteiger charge is -2.26. The van der Waals surface area contributed by atoms with Gasteiger partial charge in [0.25, 0.3) is 5.91 Å². The van der Waals surface area contributed by atoms with Gasteiger partial charge in [-0.2, -0.15) is 0 Å². The van der Waals surface area contributed by atoms with Crippen molar-refractivity contribution >= 4 is 17.3 Å². The Balaban J connectivity index is 1.50. The summed E-state index contributed by atoms with van der Waals surface area (Å²) >= 11 is 0. The molecular weight excluding hydrogens is 328 g/mol. The Morgan fingerprint density at radius 3 is 2.69 bits per heavy atom. The zero-order valence-corrected chi connectivity index (χ0v) is 15.4. The third-order valence-corrected chi connectivity index (χ3v) is 4.49. The van der Waals surface area contributed by atoms with E-state index in [2.05, 4.69) is 20.5 Å². The zero-order chi connectivity index (χ0) is 18.4. The topological polar surface area (TPSA) is 66.5 Å². The maximum Gasteiger partial charge on any atom is 0.274 e. The molecule has 1 aromatic carbocycles. The van der Waals surface area contributed by atoms with Gasteiger partial charge < -0.3 is 15.4 Å². The van der Waals surface area contributed by atoms with Gasteiger partial charge in [0, 0.05) is 31.9 Å². The summed E-state index contributed by atoms with van der Waals surface area (Å²) in [5, 5.41) is 6.27. The molecule has 0 atom stereocenters. The van der Waals surface area contributed by atoms with Crippen LogP contribution in [0.3, 0.4) is 0 Å². The molecule has 1 aliphatic heterocycles.